The van der Waals surface area contributed by atoms with Gasteiger partial charge in [-0.3, -0.25) is 4.55 Å². The Morgan fingerprint density at radius 2 is 2.36 bits per heavy atom. The zero-order valence-electron chi connectivity index (χ0n) is 6.89. The second-order valence-electron chi connectivity index (χ2n) is 1.71. The minimum atomic E-state index is -3.90. The molecule has 1 N–H and O–H groups in total. The molecule has 7 heteroatoms. The third-order valence-corrected chi connectivity index (χ3v) is 2.11. The predicted octanol–water partition coefficient (Wildman–Crippen LogP) is -2.35. The zero-order chi connectivity index (χ0) is 7.61. The van der Waals surface area contributed by atoms with Crippen LogP contribution >= 0.6 is 11.3 Å². The molecule has 0 saturated carbocycles. The van der Waals surface area contributed by atoms with Gasteiger partial charge in [-0.1, -0.05) is 0 Å². The zero-order valence-corrected chi connectivity index (χ0v) is 9.52. The van der Waals surface area contributed by atoms with Crippen LogP contribution in [0, 0.1) is 0 Å². The van der Waals surface area contributed by atoms with Crippen molar-refractivity contribution in [3.05, 3.63) is 16.6 Å². The smallest absolute Gasteiger partial charge is 1.00 e. The van der Waals surface area contributed by atoms with E-state index in [1.54, 1.807) is 5.38 Å². The van der Waals surface area contributed by atoms with Gasteiger partial charge in [0.1, 0.15) is 5.75 Å². The first-order valence-electron chi connectivity index (χ1n) is 2.40. The molecule has 1 aromatic rings. The minimum Gasteiger partial charge on any atom is -1.00 e. The number of hydrogen-bond donors (Lipinski definition) is 1. The van der Waals surface area contributed by atoms with Crippen LogP contribution in [0.4, 0.5) is 0 Å². The molecule has 11 heavy (non-hydrogen) atoms. The molecule has 0 spiro atoms. The maximum Gasteiger partial charge on any atom is 1.00 e. The molecular weight excluding hydrogens is 197 g/mol. The molecule has 0 fully saturated rings. The summed E-state index contributed by atoms with van der Waals surface area (Å²) in [5.41, 5.74) is 1.90. The fourth-order valence-electron chi connectivity index (χ4n) is 0.496. The first kappa shape index (κ1) is 11.5. The van der Waals surface area contributed by atoms with Crippen molar-refractivity contribution in [2.45, 2.75) is 5.75 Å². The summed E-state index contributed by atoms with van der Waals surface area (Å²) in [6.07, 6.45) is 0. The quantitative estimate of drug-likeness (QED) is 0.431. The Kier molecular flexibility index (Phi) is 4.76. The third-order valence-electron chi connectivity index (χ3n) is 0.814. The van der Waals surface area contributed by atoms with Crippen molar-refractivity contribution < 1.29 is 44.0 Å². The summed E-state index contributed by atoms with van der Waals surface area (Å²) in [4.78, 5) is 3.68. The van der Waals surface area contributed by atoms with Crippen LogP contribution in [0.15, 0.2) is 10.9 Å². The van der Waals surface area contributed by atoms with E-state index >= 15 is 0 Å². The van der Waals surface area contributed by atoms with Gasteiger partial charge in [-0.05, 0) is 0 Å². The SMILES string of the molecule is O=S(=O)(O)Cc1cscn1.[H-].[Na+]. The van der Waals surface area contributed by atoms with Gasteiger partial charge in [0.15, 0.2) is 0 Å². The molecule has 0 unspecified atom stereocenters. The molecule has 1 aromatic heterocycles. The predicted molar refractivity (Wildman–Crippen MR) is 38.5 cm³/mol. The van der Waals surface area contributed by atoms with Crippen LogP contribution < -0.4 is 29.6 Å². The molecule has 0 aliphatic heterocycles. The Bertz CT molecular complexity index is 298. The molecule has 4 nitrogen and oxygen atoms in total. The van der Waals surface area contributed by atoms with E-state index in [-0.39, 0.29) is 31.0 Å². The van der Waals surface area contributed by atoms with E-state index in [1.165, 1.54) is 16.8 Å². The van der Waals surface area contributed by atoms with Crippen molar-refractivity contribution in [1.82, 2.24) is 4.98 Å². The van der Waals surface area contributed by atoms with Gasteiger partial charge in [-0.25, -0.2) is 4.98 Å². The van der Waals surface area contributed by atoms with Gasteiger partial charge in [0.2, 0.25) is 0 Å². The van der Waals surface area contributed by atoms with Gasteiger partial charge in [-0.15, -0.1) is 11.3 Å². The van der Waals surface area contributed by atoms with Crippen LogP contribution in [0.3, 0.4) is 0 Å². The van der Waals surface area contributed by atoms with Crippen molar-refractivity contribution in [2.24, 2.45) is 0 Å². The summed E-state index contributed by atoms with van der Waals surface area (Å²) in [6.45, 7) is 0. The molecule has 1 rings (SSSR count). The van der Waals surface area contributed by atoms with Crippen molar-refractivity contribution in [1.29, 1.82) is 0 Å². The Morgan fingerprint density at radius 3 is 2.73 bits per heavy atom. The molecule has 58 valence electrons. The van der Waals surface area contributed by atoms with Crippen LogP contribution in [0.2, 0.25) is 0 Å². The van der Waals surface area contributed by atoms with Crippen LogP contribution in [-0.4, -0.2) is 18.0 Å². The first-order chi connectivity index (χ1) is 4.58. The fraction of sp³-hybridized carbons (Fsp3) is 0.250. The summed E-state index contributed by atoms with van der Waals surface area (Å²) >= 11 is 1.29. The number of rotatable bonds is 2. The normalized spacial score (nSPS) is 10.6. The summed E-state index contributed by atoms with van der Waals surface area (Å²) in [5.74, 6) is -0.392. The monoisotopic (exact) mass is 203 g/mol. The second-order valence-corrected chi connectivity index (χ2v) is 3.88. The average molecular weight is 203 g/mol. The van der Waals surface area contributed by atoms with Crippen LogP contribution in [0.5, 0.6) is 0 Å². The summed E-state index contributed by atoms with van der Waals surface area (Å²) in [6, 6.07) is 0. The van der Waals surface area contributed by atoms with Gasteiger partial charge < -0.3 is 1.43 Å². The molecule has 0 bridgehead atoms. The van der Waals surface area contributed by atoms with Crippen LogP contribution in [0.25, 0.3) is 0 Å². The van der Waals surface area contributed by atoms with E-state index in [2.05, 4.69) is 4.98 Å². The van der Waals surface area contributed by atoms with Crippen LogP contribution in [0.1, 0.15) is 7.12 Å². The average Bonchev–Trinajstić information content (AvgIpc) is 2.12. The van der Waals surface area contributed by atoms with Gasteiger partial charge in [0.25, 0.3) is 10.1 Å². The number of nitrogens with zero attached hydrogens (tertiary/aromatic N) is 1. The van der Waals surface area contributed by atoms with Crippen molar-refractivity contribution in [3.8, 4) is 0 Å². The van der Waals surface area contributed by atoms with Crippen molar-refractivity contribution in [2.75, 3.05) is 0 Å². The van der Waals surface area contributed by atoms with Gasteiger partial charge in [0, 0.05) is 5.38 Å². The Labute approximate surface area is 92.2 Å². The summed E-state index contributed by atoms with van der Waals surface area (Å²) in [5, 5.41) is 1.58. The van der Waals surface area contributed by atoms with Crippen molar-refractivity contribution >= 4 is 21.5 Å². The number of thiazole rings is 1. The van der Waals surface area contributed by atoms with Gasteiger partial charge >= 0.3 is 29.6 Å². The fourth-order valence-corrected chi connectivity index (χ4v) is 1.69. The maximum absolute atomic E-state index is 10.2. The Morgan fingerprint density at radius 1 is 1.73 bits per heavy atom. The second kappa shape index (κ2) is 4.54. The van der Waals surface area contributed by atoms with E-state index in [9.17, 15) is 8.42 Å². The largest absolute Gasteiger partial charge is 1.00 e. The third kappa shape index (κ3) is 4.89. The first-order valence-corrected chi connectivity index (χ1v) is 4.95. The van der Waals surface area contributed by atoms with E-state index in [0.29, 0.717) is 5.69 Å². The minimum absolute atomic E-state index is 0. The van der Waals surface area contributed by atoms with Gasteiger partial charge in [-0.2, -0.15) is 8.42 Å². The maximum atomic E-state index is 10.2. The Hall–Kier alpha value is 0.540. The standard InChI is InChI=1S/C4H5NO3S2.Na.H/c6-10(7,8)2-4-1-9-3-5-4;;/h1,3H,2H2,(H,6,7,8);;/q;+1;-1. The molecule has 0 aliphatic rings. The number of aromatic nitrogens is 1. The molecule has 0 saturated heterocycles. The molecule has 1 heterocycles. The molecule has 0 aliphatic carbocycles. The van der Waals surface area contributed by atoms with E-state index in [0.717, 1.165) is 0 Å². The number of hydrogen-bond acceptors (Lipinski definition) is 4. The van der Waals surface area contributed by atoms with Crippen LogP contribution in [-0.2, 0) is 15.9 Å². The molecular formula is C4H6NNaO3S2. The van der Waals surface area contributed by atoms with Crippen molar-refractivity contribution in [3.63, 3.8) is 0 Å². The molecule has 0 amide bonds. The van der Waals surface area contributed by atoms with E-state index in [1.807, 2.05) is 0 Å². The summed E-state index contributed by atoms with van der Waals surface area (Å²) in [7, 11) is -3.90. The molecule has 0 radical (unpaired) electrons. The Balaban J connectivity index is 0. The molecule has 0 aromatic carbocycles. The summed E-state index contributed by atoms with van der Waals surface area (Å²) < 4.78 is 28.8. The topological polar surface area (TPSA) is 67.3 Å². The molecule has 0 atom stereocenters. The van der Waals surface area contributed by atoms with Gasteiger partial charge in [0.05, 0.1) is 11.2 Å². The van der Waals surface area contributed by atoms with E-state index < -0.39 is 15.9 Å². The van der Waals surface area contributed by atoms with E-state index in [4.69, 9.17) is 4.55 Å².